The summed E-state index contributed by atoms with van der Waals surface area (Å²) in [7, 11) is -3.86. The zero-order chi connectivity index (χ0) is 22.1. The largest absolute Gasteiger partial charge is 0.378 e. The van der Waals surface area contributed by atoms with Gasteiger partial charge in [-0.05, 0) is 11.6 Å². The van der Waals surface area contributed by atoms with E-state index >= 15 is 0 Å². The van der Waals surface area contributed by atoms with E-state index < -0.39 is 15.7 Å². The fourth-order valence-electron chi connectivity index (χ4n) is 4.67. The molecule has 2 fully saturated rings. The Morgan fingerprint density at radius 1 is 0.844 bits per heavy atom. The van der Waals surface area contributed by atoms with E-state index in [1.54, 1.807) is 17.0 Å². The standard InChI is InChI=1S/C24H27N3O4S/c28-24(27-14-16-31-17-15-27)23-22(20-8-4-5-9-21(20)32(23,29)30)26-12-10-25(11-13-26)18-19-6-2-1-3-7-19/h1-9H,10-18H2. The van der Waals surface area contributed by atoms with Crippen LogP contribution in [0.4, 0.5) is 0 Å². The molecule has 0 aromatic heterocycles. The van der Waals surface area contributed by atoms with Crippen LogP contribution in [0.1, 0.15) is 11.1 Å². The quantitative estimate of drug-likeness (QED) is 0.704. The average Bonchev–Trinajstić information content (AvgIpc) is 3.07. The fraction of sp³-hybridized carbons (Fsp3) is 0.375. The zero-order valence-electron chi connectivity index (χ0n) is 17.9. The topological polar surface area (TPSA) is 70.2 Å². The van der Waals surface area contributed by atoms with Crippen molar-refractivity contribution in [2.75, 3.05) is 52.5 Å². The number of benzene rings is 2. The second-order valence-electron chi connectivity index (χ2n) is 8.33. The van der Waals surface area contributed by atoms with Crippen LogP contribution < -0.4 is 0 Å². The molecule has 0 unspecified atom stereocenters. The molecular formula is C24H27N3O4S. The van der Waals surface area contributed by atoms with Gasteiger partial charge >= 0.3 is 0 Å². The van der Waals surface area contributed by atoms with Gasteiger partial charge in [0.2, 0.25) is 9.84 Å². The van der Waals surface area contributed by atoms with Gasteiger partial charge in [0.05, 0.1) is 23.8 Å². The molecule has 0 saturated carbocycles. The second-order valence-corrected chi connectivity index (χ2v) is 10.2. The Labute approximate surface area is 188 Å². The number of fused-ring (bicyclic) bond motifs is 1. The third-order valence-electron chi connectivity index (χ3n) is 6.35. The van der Waals surface area contributed by atoms with Crippen molar-refractivity contribution in [2.45, 2.75) is 11.4 Å². The summed E-state index contributed by atoms with van der Waals surface area (Å²) in [4.78, 5) is 19.7. The molecule has 2 saturated heterocycles. The first-order valence-electron chi connectivity index (χ1n) is 11.0. The number of sulfone groups is 1. The maximum absolute atomic E-state index is 13.5. The van der Waals surface area contributed by atoms with Crippen LogP contribution in [0.3, 0.4) is 0 Å². The number of piperazine rings is 1. The Balaban J connectivity index is 1.44. The Morgan fingerprint density at radius 3 is 2.22 bits per heavy atom. The molecule has 3 heterocycles. The summed E-state index contributed by atoms with van der Waals surface area (Å²) in [6.07, 6.45) is 0. The molecule has 0 radical (unpaired) electrons. The van der Waals surface area contributed by atoms with Crippen LogP contribution >= 0.6 is 0 Å². The van der Waals surface area contributed by atoms with E-state index in [4.69, 9.17) is 4.74 Å². The van der Waals surface area contributed by atoms with Crippen molar-refractivity contribution in [1.82, 2.24) is 14.7 Å². The summed E-state index contributed by atoms with van der Waals surface area (Å²) in [6, 6.07) is 17.3. The van der Waals surface area contributed by atoms with Crippen LogP contribution in [0.5, 0.6) is 0 Å². The summed E-state index contributed by atoms with van der Waals surface area (Å²) in [6.45, 7) is 5.50. The highest BCUT2D eigenvalue weighted by molar-refractivity contribution is 7.97. The number of ether oxygens (including phenoxy) is 1. The van der Waals surface area contributed by atoms with Gasteiger partial charge in [-0.2, -0.15) is 0 Å². The maximum Gasteiger partial charge on any atom is 0.268 e. The van der Waals surface area contributed by atoms with Crippen LogP contribution in [0.25, 0.3) is 5.70 Å². The third kappa shape index (κ3) is 3.83. The highest BCUT2D eigenvalue weighted by Crippen LogP contribution is 2.42. The molecule has 3 aliphatic rings. The van der Waals surface area contributed by atoms with Gasteiger partial charge in [0, 0.05) is 51.4 Å². The number of hydrogen-bond acceptors (Lipinski definition) is 6. The van der Waals surface area contributed by atoms with Crippen LogP contribution in [0.2, 0.25) is 0 Å². The summed E-state index contributed by atoms with van der Waals surface area (Å²) >= 11 is 0. The zero-order valence-corrected chi connectivity index (χ0v) is 18.8. The van der Waals surface area contributed by atoms with E-state index in [-0.39, 0.29) is 9.80 Å². The normalized spacial score (nSPS) is 21.0. The van der Waals surface area contributed by atoms with E-state index in [0.717, 1.165) is 19.6 Å². The molecule has 0 N–H and O–H groups in total. The molecule has 8 heteroatoms. The molecule has 0 atom stereocenters. The maximum atomic E-state index is 13.5. The minimum Gasteiger partial charge on any atom is -0.378 e. The van der Waals surface area contributed by atoms with Crippen LogP contribution in [-0.2, 0) is 25.9 Å². The molecule has 2 aromatic carbocycles. The van der Waals surface area contributed by atoms with Crippen molar-refractivity contribution in [3.8, 4) is 0 Å². The van der Waals surface area contributed by atoms with E-state index in [1.165, 1.54) is 5.56 Å². The van der Waals surface area contributed by atoms with Gasteiger partial charge in [-0.3, -0.25) is 9.69 Å². The molecular weight excluding hydrogens is 426 g/mol. The lowest BCUT2D eigenvalue weighted by Gasteiger charge is -2.37. The molecule has 5 rings (SSSR count). The molecule has 7 nitrogen and oxygen atoms in total. The van der Waals surface area contributed by atoms with E-state index in [1.807, 2.05) is 30.3 Å². The Kier molecular flexibility index (Phi) is 5.75. The van der Waals surface area contributed by atoms with E-state index in [0.29, 0.717) is 50.7 Å². The summed E-state index contributed by atoms with van der Waals surface area (Å²) in [5.74, 6) is -0.411. The highest BCUT2D eigenvalue weighted by atomic mass is 32.2. The van der Waals surface area contributed by atoms with E-state index in [9.17, 15) is 13.2 Å². The molecule has 3 aliphatic heterocycles. The molecule has 2 aromatic rings. The first-order valence-corrected chi connectivity index (χ1v) is 12.5. The number of amides is 1. The first kappa shape index (κ1) is 21.2. The number of morpholine rings is 1. The van der Waals surface area contributed by atoms with Gasteiger partial charge in [0.25, 0.3) is 5.91 Å². The molecule has 168 valence electrons. The minimum atomic E-state index is -3.86. The SMILES string of the molecule is O=C(C1=C(N2CCN(Cc3ccccc3)CC2)c2ccccc2S1(=O)=O)N1CCOCC1. The first-order chi connectivity index (χ1) is 15.6. The molecule has 0 aliphatic carbocycles. The van der Waals surface area contributed by atoms with Crippen molar-refractivity contribution in [3.63, 3.8) is 0 Å². The minimum absolute atomic E-state index is 0.0721. The fourth-order valence-corrected chi connectivity index (χ4v) is 6.45. The van der Waals surface area contributed by atoms with Gasteiger partial charge in [0.1, 0.15) is 0 Å². The van der Waals surface area contributed by atoms with E-state index in [2.05, 4.69) is 21.9 Å². The number of rotatable bonds is 4. The Bertz CT molecular complexity index is 1130. The molecule has 1 amide bonds. The van der Waals surface area contributed by atoms with Crippen molar-refractivity contribution in [2.24, 2.45) is 0 Å². The van der Waals surface area contributed by atoms with Gasteiger partial charge in [0.15, 0.2) is 4.91 Å². The van der Waals surface area contributed by atoms with Gasteiger partial charge in [-0.15, -0.1) is 0 Å². The van der Waals surface area contributed by atoms with Crippen molar-refractivity contribution in [3.05, 3.63) is 70.6 Å². The molecule has 0 spiro atoms. The van der Waals surface area contributed by atoms with Gasteiger partial charge in [-0.25, -0.2) is 8.42 Å². The third-order valence-corrected chi connectivity index (χ3v) is 8.19. The Hall–Kier alpha value is -2.68. The van der Waals surface area contributed by atoms with Gasteiger partial charge in [-0.1, -0.05) is 48.5 Å². The lowest BCUT2D eigenvalue weighted by Crippen LogP contribution is -2.46. The summed E-state index contributed by atoms with van der Waals surface area (Å²) in [5, 5.41) is 0. The smallest absolute Gasteiger partial charge is 0.268 e. The monoisotopic (exact) mass is 453 g/mol. The highest BCUT2D eigenvalue weighted by Gasteiger charge is 2.44. The Morgan fingerprint density at radius 2 is 1.50 bits per heavy atom. The number of carbonyl (C=O) groups is 1. The lowest BCUT2D eigenvalue weighted by atomic mass is 10.1. The average molecular weight is 454 g/mol. The summed E-state index contributed by atoms with van der Waals surface area (Å²) < 4.78 is 32.3. The van der Waals surface area contributed by atoms with Crippen LogP contribution in [0, 0.1) is 0 Å². The van der Waals surface area contributed by atoms with Crippen molar-refractivity contribution in [1.29, 1.82) is 0 Å². The number of nitrogens with zero attached hydrogens (tertiary/aromatic N) is 3. The molecule has 32 heavy (non-hydrogen) atoms. The lowest BCUT2D eigenvalue weighted by molar-refractivity contribution is -0.130. The second kappa shape index (κ2) is 8.69. The summed E-state index contributed by atoms with van der Waals surface area (Å²) in [5.41, 5.74) is 2.47. The van der Waals surface area contributed by atoms with Crippen molar-refractivity contribution >= 4 is 21.4 Å². The predicted molar refractivity (Wildman–Crippen MR) is 121 cm³/mol. The van der Waals surface area contributed by atoms with Crippen LogP contribution in [0.15, 0.2) is 64.4 Å². The van der Waals surface area contributed by atoms with Gasteiger partial charge < -0.3 is 14.5 Å². The number of carbonyl (C=O) groups excluding carboxylic acids is 1. The molecule has 0 bridgehead atoms. The van der Waals surface area contributed by atoms with Crippen LogP contribution in [-0.4, -0.2) is 81.5 Å². The van der Waals surface area contributed by atoms with Crippen molar-refractivity contribution < 1.29 is 17.9 Å². The number of hydrogen-bond donors (Lipinski definition) is 0. The predicted octanol–water partition coefficient (Wildman–Crippen LogP) is 1.82.